The van der Waals surface area contributed by atoms with Gasteiger partial charge >= 0.3 is 5.97 Å². The van der Waals surface area contributed by atoms with Gasteiger partial charge in [0.2, 0.25) is 0 Å². The zero-order valence-corrected chi connectivity index (χ0v) is 11.2. The van der Waals surface area contributed by atoms with Crippen molar-refractivity contribution in [1.29, 1.82) is 0 Å². The number of hydrogen-bond donors (Lipinski definition) is 1. The van der Waals surface area contributed by atoms with Crippen molar-refractivity contribution in [2.24, 2.45) is 0 Å². The minimum absolute atomic E-state index is 0.0965. The van der Waals surface area contributed by atoms with Gasteiger partial charge in [-0.1, -0.05) is 51.9 Å². The summed E-state index contributed by atoms with van der Waals surface area (Å²) in [4.78, 5) is 11.0. The summed E-state index contributed by atoms with van der Waals surface area (Å²) in [7, 11) is 0. The third-order valence-electron chi connectivity index (χ3n) is 3.32. The smallest absolute Gasteiger partial charge is 0.320 e. The molecule has 0 radical (unpaired) electrons. The first-order valence-electron chi connectivity index (χ1n) is 7.23. The van der Waals surface area contributed by atoms with Gasteiger partial charge in [-0.25, -0.2) is 0 Å². The van der Waals surface area contributed by atoms with E-state index in [0.717, 1.165) is 13.0 Å². The second-order valence-corrected chi connectivity index (χ2v) is 5.01. The highest BCUT2D eigenvalue weighted by Crippen LogP contribution is 2.12. The molecular formula is C14H27NO2. The maximum Gasteiger partial charge on any atom is 0.320 e. The van der Waals surface area contributed by atoms with Crippen LogP contribution < -0.4 is 5.32 Å². The molecule has 0 aromatic rings. The van der Waals surface area contributed by atoms with Crippen LogP contribution in [-0.4, -0.2) is 25.2 Å². The molecule has 100 valence electrons. The Kier molecular flexibility index (Phi) is 8.06. The van der Waals surface area contributed by atoms with Crippen molar-refractivity contribution in [3.05, 3.63) is 0 Å². The molecular weight excluding hydrogens is 214 g/mol. The molecule has 0 amide bonds. The van der Waals surface area contributed by atoms with Gasteiger partial charge < -0.3 is 10.1 Å². The maximum atomic E-state index is 11.0. The minimum Gasteiger partial charge on any atom is -0.460 e. The lowest BCUT2D eigenvalue weighted by Gasteiger charge is -2.22. The number of esters is 1. The number of carbonyl (C=O) groups is 1. The van der Waals surface area contributed by atoms with E-state index in [1.807, 2.05) is 0 Å². The Bertz CT molecular complexity index is 206. The first-order valence-corrected chi connectivity index (χ1v) is 7.23. The van der Waals surface area contributed by atoms with E-state index in [9.17, 15) is 4.79 Å². The second kappa shape index (κ2) is 9.46. The lowest BCUT2D eigenvalue weighted by Crippen LogP contribution is -2.41. The van der Waals surface area contributed by atoms with E-state index in [4.69, 9.17) is 4.74 Å². The summed E-state index contributed by atoms with van der Waals surface area (Å²) < 4.78 is 5.24. The molecule has 3 heteroatoms. The van der Waals surface area contributed by atoms with Crippen LogP contribution in [0.25, 0.3) is 0 Å². The molecule has 0 spiro atoms. The van der Waals surface area contributed by atoms with Crippen molar-refractivity contribution >= 4 is 5.97 Å². The standard InChI is InChI=1S/C14H27NO2/c1-2-3-4-5-6-7-8-9-10-13-11-15-12-14(16)17-13/h13,15H,2-12H2,1H3. The lowest BCUT2D eigenvalue weighted by molar-refractivity contribution is -0.151. The number of hydrogen-bond acceptors (Lipinski definition) is 3. The summed E-state index contributed by atoms with van der Waals surface area (Å²) in [6.07, 6.45) is 11.8. The number of ether oxygens (including phenoxy) is 1. The summed E-state index contributed by atoms with van der Waals surface area (Å²) in [5.41, 5.74) is 0. The van der Waals surface area contributed by atoms with E-state index >= 15 is 0 Å². The Balaban J connectivity index is 1.85. The fourth-order valence-corrected chi connectivity index (χ4v) is 2.27. The van der Waals surface area contributed by atoms with Gasteiger partial charge in [-0.2, -0.15) is 0 Å². The number of rotatable bonds is 9. The van der Waals surface area contributed by atoms with Crippen molar-refractivity contribution in [3.63, 3.8) is 0 Å². The van der Waals surface area contributed by atoms with Crippen molar-refractivity contribution in [2.75, 3.05) is 13.1 Å². The van der Waals surface area contributed by atoms with Crippen LogP contribution in [0.5, 0.6) is 0 Å². The van der Waals surface area contributed by atoms with Crippen LogP contribution in [0.2, 0.25) is 0 Å². The van der Waals surface area contributed by atoms with E-state index in [-0.39, 0.29) is 12.1 Å². The molecule has 1 atom stereocenters. The van der Waals surface area contributed by atoms with E-state index < -0.39 is 0 Å². The summed E-state index contributed by atoms with van der Waals surface area (Å²) in [6.45, 7) is 3.47. The lowest BCUT2D eigenvalue weighted by atomic mass is 10.1. The molecule has 1 saturated heterocycles. The Hall–Kier alpha value is -0.570. The van der Waals surface area contributed by atoms with Crippen molar-refractivity contribution in [3.8, 4) is 0 Å². The van der Waals surface area contributed by atoms with Crippen LogP contribution in [-0.2, 0) is 9.53 Å². The molecule has 0 aromatic heterocycles. The van der Waals surface area contributed by atoms with Gasteiger partial charge in [0.1, 0.15) is 6.10 Å². The van der Waals surface area contributed by atoms with Gasteiger partial charge in [-0.05, 0) is 12.8 Å². The fourth-order valence-electron chi connectivity index (χ4n) is 2.27. The van der Waals surface area contributed by atoms with Crippen LogP contribution in [0, 0.1) is 0 Å². The van der Waals surface area contributed by atoms with Crippen molar-refractivity contribution < 1.29 is 9.53 Å². The molecule has 1 fully saturated rings. The van der Waals surface area contributed by atoms with Crippen LogP contribution in [0.4, 0.5) is 0 Å². The van der Waals surface area contributed by atoms with Crippen LogP contribution >= 0.6 is 0 Å². The highest BCUT2D eigenvalue weighted by atomic mass is 16.5. The first-order chi connectivity index (χ1) is 8.33. The summed E-state index contributed by atoms with van der Waals surface area (Å²) in [5, 5.41) is 3.09. The molecule has 1 heterocycles. The van der Waals surface area contributed by atoms with Gasteiger partial charge in [0.25, 0.3) is 0 Å². The summed E-state index contributed by atoms with van der Waals surface area (Å²) in [5.74, 6) is -0.0965. The van der Waals surface area contributed by atoms with E-state index in [0.29, 0.717) is 6.54 Å². The minimum atomic E-state index is -0.0965. The van der Waals surface area contributed by atoms with E-state index in [1.54, 1.807) is 0 Å². The van der Waals surface area contributed by atoms with E-state index in [2.05, 4.69) is 12.2 Å². The van der Waals surface area contributed by atoms with Gasteiger partial charge in [-0.3, -0.25) is 4.79 Å². The normalized spacial score (nSPS) is 20.3. The van der Waals surface area contributed by atoms with Crippen LogP contribution in [0.15, 0.2) is 0 Å². The molecule has 0 saturated carbocycles. The molecule has 17 heavy (non-hydrogen) atoms. The molecule has 3 nitrogen and oxygen atoms in total. The third-order valence-corrected chi connectivity index (χ3v) is 3.32. The van der Waals surface area contributed by atoms with Gasteiger partial charge in [0.15, 0.2) is 0 Å². The van der Waals surface area contributed by atoms with Gasteiger partial charge in [-0.15, -0.1) is 0 Å². The zero-order valence-electron chi connectivity index (χ0n) is 11.2. The largest absolute Gasteiger partial charge is 0.460 e. The highest BCUT2D eigenvalue weighted by molar-refractivity contribution is 5.72. The predicted molar refractivity (Wildman–Crippen MR) is 70.0 cm³/mol. The number of morpholine rings is 1. The van der Waals surface area contributed by atoms with Crippen molar-refractivity contribution in [2.45, 2.75) is 70.8 Å². The summed E-state index contributed by atoms with van der Waals surface area (Å²) in [6, 6.07) is 0. The molecule has 1 unspecified atom stereocenters. The average molecular weight is 241 g/mol. The Morgan fingerprint density at radius 2 is 1.76 bits per heavy atom. The SMILES string of the molecule is CCCCCCCCCCC1CNCC(=O)O1. The van der Waals surface area contributed by atoms with Crippen molar-refractivity contribution in [1.82, 2.24) is 5.32 Å². The van der Waals surface area contributed by atoms with Gasteiger partial charge in [0, 0.05) is 6.54 Å². The Morgan fingerprint density at radius 3 is 2.41 bits per heavy atom. The van der Waals surface area contributed by atoms with Gasteiger partial charge in [0.05, 0.1) is 6.54 Å². The Labute approximate surface area is 105 Å². The van der Waals surface area contributed by atoms with Crippen LogP contribution in [0.1, 0.15) is 64.7 Å². The fraction of sp³-hybridized carbons (Fsp3) is 0.929. The second-order valence-electron chi connectivity index (χ2n) is 5.01. The maximum absolute atomic E-state index is 11.0. The number of nitrogens with one attached hydrogen (secondary N) is 1. The molecule has 1 aliphatic heterocycles. The van der Waals surface area contributed by atoms with E-state index in [1.165, 1.54) is 51.4 Å². The monoisotopic (exact) mass is 241 g/mol. The first kappa shape index (κ1) is 14.5. The molecule has 1 aliphatic rings. The molecule has 1 rings (SSSR count). The molecule has 0 aliphatic carbocycles. The number of cyclic esters (lactones) is 1. The quantitative estimate of drug-likeness (QED) is 0.498. The number of unbranched alkanes of at least 4 members (excludes halogenated alkanes) is 7. The number of carbonyl (C=O) groups excluding carboxylic acids is 1. The molecule has 0 bridgehead atoms. The summed E-state index contributed by atoms with van der Waals surface area (Å²) >= 11 is 0. The Morgan fingerprint density at radius 1 is 1.12 bits per heavy atom. The molecule has 1 N–H and O–H groups in total. The van der Waals surface area contributed by atoms with Crippen LogP contribution in [0.3, 0.4) is 0 Å². The zero-order chi connectivity index (χ0) is 12.3. The topological polar surface area (TPSA) is 38.3 Å². The highest BCUT2D eigenvalue weighted by Gasteiger charge is 2.18. The average Bonchev–Trinajstić information content (AvgIpc) is 2.33. The molecule has 0 aromatic carbocycles. The third kappa shape index (κ3) is 7.37. The predicted octanol–water partition coefficient (Wildman–Crippen LogP) is 3.03.